The van der Waals surface area contributed by atoms with Crippen LogP contribution in [0.25, 0.3) is 6.08 Å². The van der Waals surface area contributed by atoms with E-state index in [0.717, 1.165) is 18.2 Å². The van der Waals surface area contributed by atoms with Crippen molar-refractivity contribution in [3.63, 3.8) is 0 Å². The number of nitrogens with zero attached hydrogens (tertiary/aromatic N) is 1. The van der Waals surface area contributed by atoms with Crippen LogP contribution in [0.4, 0.5) is 26.3 Å². The molecule has 1 rings (SSSR count). The quantitative estimate of drug-likeness (QED) is 0.531. The Balaban J connectivity index is 3.19. The summed E-state index contributed by atoms with van der Waals surface area (Å²) in [5, 5.41) is 0. The van der Waals surface area contributed by atoms with E-state index in [4.69, 9.17) is 0 Å². The molecule has 0 bridgehead atoms. The summed E-state index contributed by atoms with van der Waals surface area (Å²) in [6.45, 7) is 4.37. The second-order valence-corrected chi connectivity index (χ2v) is 7.70. The molecule has 0 saturated carbocycles. The van der Waals surface area contributed by atoms with Crippen molar-refractivity contribution in [3.8, 4) is 0 Å². The van der Waals surface area contributed by atoms with Crippen molar-refractivity contribution in [2.45, 2.75) is 37.9 Å². The molecule has 1 atom stereocenters. The van der Waals surface area contributed by atoms with E-state index in [2.05, 4.69) is 4.40 Å². The number of benzene rings is 1. The number of hydrogen-bond donors (Lipinski definition) is 0. The van der Waals surface area contributed by atoms with Gasteiger partial charge in [-0.05, 0) is 44.5 Å². The van der Waals surface area contributed by atoms with E-state index in [9.17, 15) is 30.6 Å². The maximum atomic E-state index is 12.9. The first-order chi connectivity index (χ1) is 10.7. The molecule has 1 aromatic carbocycles. The first kappa shape index (κ1) is 20.4. The molecule has 0 saturated heterocycles. The first-order valence-electron chi connectivity index (χ1n) is 6.64. The molecule has 0 amide bonds. The van der Waals surface area contributed by atoms with Crippen LogP contribution in [0.1, 0.15) is 31.9 Å². The van der Waals surface area contributed by atoms with E-state index >= 15 is 0 Å². The molecule has 0 aliphatic rings. The number of rotatable bonds is 3. The number of alkyl halides is 6. The summed E-state index contributed by atoms with van der Waals surface area (Å²) in [6, 6.07) is 3.83. The lowest BCUT2D eigenvalue weighted by Crippen LogP contribution is -2.26. The predicted octanol–water partition coefficient (Wildman–Crippen LogP) is 5.18. The Morgan fingerprint density at radius 1 is 1.08 bits per heavy atom. The van der Waals surface area contributed by atoms with E-state index in [1.54, 1.807) is 0 Å². The van der Waals surface area contributed by atoms with E-state index in [1.165, 1.54) is 26.8 Å². The van der Waals surface area contributed by atoms with Gasteiger partial charge in [0.1, 0.15) is 11.0 Å². The second kappa shape index (κ2) is 7.08. The summed E-state index contributed by atoms with van der Waals surface area (Å²) in [5.74, 6) is 0. The Labute approximate surface area is 137 Å². The highest BCUT2D eigenvalue weighted by atomic mass is 32.2. The molecule has 0 aliphatic heterocycles. The highest BCUT2D eigenvalue weighted by Gasteiger charge is 2.36. The molecule has 0 aliphatic carbocycles. The molecule has 0 aromatic heterocycles. The summed E-state index contributed by atoms with van der Waals surface area (Å²) in [5.41, 5.74) is -2.48. The smallest absolute Gasteiger partial charge is 0.234 e. The third-order valence-corrected chi connectivity index (χ3v) is 4.05. The van der Waals surface area contributed by atoms with Gasteiger partial charge in [-0.25, -0.2) is 4.21 Å². The zero-order valence-corrected chi connectivity index (χ0v) is 13.8. The van der Waals surface area contributed by atoms with Gasteiger partial charge in [0.05, 0.1) is 10.3 Å². The molecule has 134 valence electrons. The third kappa shape index (κ3) is 6.10. The lowest BCUT2D eigenvalue weighted by Gasteiger charge is -2.15. The van der Waals surface area contributed by atoms with Crippen LogP contribution in [0, 0.1) is 0 Å². The number of hydrogen-bond acceptors (Lipinski definition) is 1. The molecule has 24 heavy (non-hydrogen) atoms. The number of allylic oxidation sites excluding steroid dienone is 1. The van der Waals surface area contributed by atoms with Crippen molar-refractivity contribution in [2.24, 2.45) is 4.40 Å². The Hall–Kier alpha value is -1.64. The van der Waals surface area contributed by atoms with Gasteiger partial charge in [0, 0.05) is 0 Å². The normalized spacial score (nSPS) is 15.8. The van der Waals surface area contributed by atoms with Gasteiger partial charge in [-0.2, -0.15) is 30.7 Å². The topological polar surface area (TPSA) is 29.4 Å². The molecule has 0 fully saturated rings. The average Bonchev–Trinajstić information content (AvgIpc) is 2.40. The van der Waals surface area contributed by atoms with Crippen LogP contribution >= 0.6 is 0 Å². The van der Waals surface area contributed by atoms with Crippen LogP contribution in [-0.2, 0) is 17.2 Å². The Bertz CT molecular complexity index is 668. The molecule has 1 aromatic rings. The zero-order chi connectivity index (χ0) is 18.8. The lowest BCUT2D eigenvalue weighted by atomic mass is 10.1. The van der Waals surface area contributed by atoms with Crippen LogP contribution in [0.5, 0.6) is 0 Å². The molecule has 2 nitrogen and oxygen atoms in total. The first-order valence-corrected chi connectivity index (χ1v) is 7.75. The molecular formula is C15H15F6NOS. The van der Waals surface area contributed by atoms with Gasteiger partial charge in [0.15, 0.2) is 5.71 Å². The van der Waals surface area contributed by atoms with Gasteiger partial charge in [0.25, 0.3) is 0 Å². The highest BCUT2D eigenvalue weighted by molar-refractivity contribution is 7.85. The van der Waals surface area contributed by atoms with Crippen LogP contribution in [-0.4, -0.2) is 20.8 Å². The Morgan fingerprint density at radius 3 is 2.12 bits per heavy atom. The second-order valence-electron chi connectivity index (χ2n) is 5.79. The molecule has 0 N–H and O–H groups in total. The SMILES string of the molecule is CC(C)(C)S(=O)/N=C(/C=C/c1cccc(C(F)(F)F)c1)C(F)(F)F. The fourth-order valence-corrected chi connectivity index (χ4v) is 2.01. The van der Waals surface area contributed by atoms with Crippen molar-refractivity contribution in [3.05, 3.63) is 41.5 Å². The maximum absolute atomic E-state index is 12.9. The van der Waals surface area contributed by atoms with Crippen LogP contribution in [0.2, 0.25) is 0 Å². The molecule has 9 heteroatoms. The number of halogens is 6. The van der Waals surface area contributed by atoms with Gasteiger partial charge in [-0.15, -0.1) is 0 Å². The summed E-state index contributed by atoms with van der Waals surface area (Å²) >= 11 is 0. The molecule has 1 unspecified atom stereocenters. The molecule has 0 heterocycles. The van der Waals surface area contributed by atoms with Gasteiger partial charge in [0.2, 0.25) is 0 Å². The minimum absolute atomic E-state index is 0.0803. The van der Waals surface area contributed by atoms with Gasteiger partial charge in [-0.1, -0.05) is 18.2 Å². The van der Waals surface area contributed by atoms with Gasteiger partial charge in [-0.3, -0.25) is 0 Å². The fourth-order valence-electron chi connectivity index (χ4n) is 1.40. The van der Waals surface area contributed by atoms with Crippen molar-refractivity contribution in [2.75, 3.05) is 0 Å². The van der Waals surface area contributed by atoms with Gasteiger partial charge >= 0.3 is 12.4 Å². The van der Waals surface area contributed by atoms with E-state index < -0.39 is 39.4 Å². The van der Waals surface area contributed by atoms with Crippen molar-refractivity contribution in [1.29, 1.82) is 0 Å². The molecule has 0 spiro atoms. The van der Waals surface area contributed by atoms with E-state index in [1.807, 2.05) is 0 Å². The standard InChI is InChI=1S/C15H15F6NOS/c1-13(2,3)24(23)22-12(15(19,20)21)8-7-10-5-4-6-11(9-10)14(16,17)18/h4-9H,1-3H3/b8-7+,22-12-. The summed E-state index contributed by atoms with van der Waals surface area (Å²) in [7, 11) is -2.15. The van der Waals surface area contributed by atoms with Crippen LogP contribution in [0.15, 0.2) is 34.7 Å². The Morgan fingerprint density at radius 2 is 1.67 bits per heavy atom. The average molecular weight is 371 g/mol. The van der Waals surface area contributed by atoms with E-state index in [0.29, 0.717) is 12.1 Å². The van der Waals surface area contributed by atoms with Crippen LogP contribution in [0.3, 0.4) is 0 Å². The summed E-state index contributed by atoms with van der Waals surface area (Å²) in [4.78, 5) is 0. The van der Waals surface area contributed by atoms with E-state index in [-0.39, 0.29) is 5.56 Å². The Kier molecular flexibility index (Phi) is 6.02. The highest BCUT2D eigenvalue weighted by Crippen LogP contribution is 2.30. The summed E-state index contributed by atoms with van der Waals surface area (Å²) < 4.78 is 90.5. The fraction of sp³-hybridized carbons (Fsp3) is 0.400. The van der Waals surface area contributed by atoms with Crippen molar-refractivity contribution < 1.29 is 30.6 Å². The lowest BCUT2D eigenvalue weighted by molar-refractivity contribution is -0.137. The maximum Gasteiger partial charge on any atom is 0.434 e. The minimum atomic E-state index is -4.88. The molecular weight excluding hydrogens is 356 g/mol. The van der Waals surface area contributed by atoms with Crippen molar-refractivity contribution >= 4 is 22.8 Å². The summed E-state index contributed by atoms with van der Waals surface area (Å²) in [6.07, 6.45) is -8.11. The molecule has 0 radical (unpaired) electrons. The van der Waals surface area contributed by atoms with Gasteiger partial charge < -0.3 is 0 Å². The van der Waals surface area contributed by atoms with Crippen LogP contribution < -0.4 is 0 Å². The largest absolute Gasteiger partial charge is 0.434 e. The zero-order valence-electron chi connectivity index (χ0n) is 13.0. The predicted molar refractivity (Wildman–Crippen MR) is 81.9 cm³/mol. The minimum Gasteiger partial charge on any atom is -0.234 e. The monoisotopic (exact) mass is 371 g/mol. The third-order valence-electron chi connectivity index (χ3n) is 2.64. The van der Waals surface area contributed by atoms with Crippen molar-refractivity contribution in [1.82, 2.24) is 0 Å².